The quantitative estimate of drug-likeness (QED) is 0.207. The number of aryl methyl sites for hydroxylation is 1. The molecule has 0 saturated carbocycles. The third-order valence-electron chi connectivity index (χ3n) is 5.13. The molecular formula is C30H44N2. The first-order chi connectivity index (χ1) is 15.8. The molecule has 0 N–H and O–H groups in total. The molecule has 0 fully saturated rings. The van der Waals surface area contributed by atoms with E-state index < -0.39 is 0 Å². The minimum Gasteiger partial charge on any atom is -0.371 e. The summed E-state index contributed by atoms with van der Waals surface area (Å²) in [6, 6.07) is 11.0. The molecule has 2 heteroatoms. The molecule has 2 aromatic rings. The summed E-state index contributed by atoms with van der Waals surface area (Å²) in [6.07, 6.45) is 14.9. The second kappa shape index (κ2) is 16.0. The number of para-hydroxylation sites is 1. The van der Waals surface area contributed by atoms with E-state index in [-0.39, 0.29) is 0 Å². The largest absolute Gasteiger partial charge is 0.371 e. The molecule has 0 amide bonds. The van der Waals surface area contributed by atoms with E-state index in [4.69, 9.17) is 0 Å². The molecule has 0 unspecified atom stereocenters. The van der Waals surface area contributed by atoms with Crippen LogP contribution in [0.3, 0.4) is 0 Å². The summed E-state index contributed by atoms with van der Waals surface area (Å²) in [7, 11) is 0. The summed E-state index contributed by atoms with van der Waals surface area (Å²) in [5.74, 6) is 0. The molecule has 1 aromatic carbocycles. The Bertz CT molecular complexity index is 927. The van der Waals surface area contributed by atoms with Crippen LogP contribution in [0.25, 0.3) is 16.5 Å². The predicted molar refractivity (Wildman–Crippen MR) is 145 cm³/mol. The number of benzene rings is 1. The molecule has 174 valence electrons. The van der Waals surface area contributed by atoms with Gasteiger partial charge in [-0.05, 0) is 50.0 Å². The fourth-order valence-electron chi connectivity index (χ4n) is 3.90. The van der Waals surface area contributed by atoms with Crippen LogP contribution in [-0.2, 0) is 6.54 Å². The van der Waals surface area contributed by atoms with Crippen molar-refractivity contribution < 1.29 is 0 Å². The summed E-state index contributed by atoms with van der Waals surface area (Å²) in [5.41, 5.74) is 8.62. The number of unbranched alkanes of at least 4 members (excludes halogenated alkanes) is 1. The van der Waals surface area contributed by atoms with Gasteiger partial charge in [-0.3, -0.25) is 0 Å². The molecule has 1 aliphatic rings. The molecule has 2 nitrogen and oxygen atoms in total. The van der Waals surface area contributed by atoms with Crippen LogP contribution in [-0.4, -0.2) is 22.6 Å². The minimum absolute atomic E-state index is 0.988. The normalized spacial score (nSPS) is 12.1. The molecule has 0 spiro atoms. The van der Waals surface area contributed by atoms with E-state index >= 15 is 0 Å². The Balaban J connectivity index is 0.00000121. The van der Waals surface area contributed by atoms with Crippen LogP contribution >= 0.6 is 0 Å². The predicted octanol–water partition coefficient (Wildman–Crippen LogP) is 8.77. The van der Waals surface area contributed by atoms with Crippen LogP contribution in [0.1, 0.15) is 72.9 Å². The lowest BCUT2D eigenvalue weighted by atomic mass is 10.1. The molecule has 0 bridgehead atoms. The first-order valence-electron chi connectivity index (χ1n) is 12.6. The van der Waals surface area contributed by atoms with E-state index in [0.29, 0.717) is 0 Å². The average molecular weight is 433 g/mol. The van der Waals surface area contributed by atoms with Crippen molar-refractivity contribution in [3.8, 4) is 0 Å². The van der Waals surface area contributed by atoms with Gasteiger partial charge >= 0.3 is 0 Å². The van der Waals surface area contributed by atoms with Crippen molar-refractivity contribution in [1.82, 2.24) is 9.47 Å². The van der Waals surface area contributed by atoms with E-state index in [1.54, 1.807) is 0 Å². The van der Waals surface area contributed by atoms with Gasteiger partial charge in [0.25, 0.3) is 0 Å². The molecule has 3 rings (SSSR count). The van der Waals surface area contributed by atoms with E-state index in [1.165, 1.54) is 27.9 Å². The Labute approximate surface area is 197 Å². The first-order valence-corrected chi connectivity index (χ1v) is 12.6. The van der Waals surface area contributed by atoms with Gasteiger partial charge in [-0.1, -0.05) is 78.0 Å². The molecular weight excluding hydrogens is 388 g/mol. The number of fused-ring (bicyclic) bond motifs is 1. The Morgan fingerprint density at radius 3 is 2.34 bits per heavy atom. The van der Waals surface area contributed by atoms with Gasteiger partial charge in [-0.2, -0.15) is 0 Å². The smallest absolute Gasteiger partial charge is 0.0635 e. The van der Waals surface area contributed by atoms with Gasteiger partial charge in [0.05, 0.1) is 17.0 Å². The van der Waals surface area contributed by atoms with Crippen LogP contribution in [0.5, 0.6) is 0 Å². The third kappa shape index (κ3) is 7.18. The zero-order valence-electron chi connectivity index (χ0n) is 21.3. The maximum atomic E-state index is 3.89. The summed E-state index contributed by atoms with van der Waals surface area (Å²) in [5, 5.41) is 1.29. The molecule has 1 aliphatic carbocycles. The van der Waals surface area contributed by atoms with Crippen LogP contribution in [0, 0.1) is 0 Å². The summed E-state index contributed by atoms with van der Waals surface area (Å²) in [6.45, 7) is 19.5. The van der Waals surface area contributed by atoms with Crippen LogP contribution in [0.4, 0.5) is 0 Å². The van der Waals surface area contributed by atoms with Crippen molar-refractivity contribution in [1.29, 1.82) is 0 Å². The van der Waals surface area contributed by atoms with Crippen molar-refractivity contribution in [3.63, 3.8) is 0 Å². The van der Waals surface area contributed by atoms with Crippen molar-refractivity contribution in [2.24, 2.45) is 0 Å². The summed E-state index contributed by atoms with van der Waals surface area (Å²) in [4.78, 5) is 2.51. The third-order valence-corrected chi connectivity index (χ3v) is 5.13. The van der Waals surface area contributed by atoms with Crippen LogP contribution < -0.4 is 0 Å². The van der Waals surface area contributed by atoms with Crippen LogP contribution in [0.2, 0.25) is 0 Å². The second-order valence-corrected chi connectivity index (χ2v) is 7.28. The summed E-state index contributed by atoms with van der Waals surface area (Å²) >= 11 is 0. The molecule has 0 radical (unpaired) electrons. The Hall–Kier alpha value is -2.70. The van der Waals surface area contributed by atoms with Gasteiger partial charge < -0.3 is 9.47 Å². The maximum Gasteiger partial charge on any atom is 0.0635 e. The molecule has 0 atom stereocenters. The summed E-state index contributed by atoms with van der Waals surface area (Å²) < 4.78 is 2.46. The number of hydrogen-bond donors (Lipinski definition) is 0. The van der Waals surface area contributed by atoms with E-state index in [1.807, 2.05) is 39.8 Å². The highest BCUT2D eigenvalue weighted by Crippen LogP contribution is 2.32. The zero-order chi connectivity index (χ0) is 23.8. The first kappa shape index (κ1) is 27.3. The highest BCUT2D eigenvalue weighted by atomic mass is 15.1. The van der Waals surface area contributed by atoms with E-state index in [9.17, 15) is 0 Å². The standard InChI is InChI=1S/C26H32N2.2C2H6/c1-4-7-13-20-28-24-16-12-11-14-22(24)21-26(28)23-15-9-8-10-17-25(23)27(18-5-2)19-6-3;2*1-2/h4,8-12,14,16-17,21H,1,5-7,13,18-20H2,2-3H3;2*1-2H3. The Kier molecular flexibility index (Phi) is 13.7. The maximum absolute atomic E-state index is 3.89. The van der Waals surface area contributed by atoms with E-state index in [0.717, 1.165) is 45.3 Å². The number of hydrogen-bond acceptors (Lipinski definition) is 1. The van der Waals surface area contributed by atoms with Gasteiger partial charge in [-0.25, -0.2) is 0 Å². The number of nitrogens with zero attached hydrogens (tertiary/aromatic N) is 2. The van der Waals surface area contributed by atoms with Crippen molar-refractivity contribution in [2.45, 2.75) is 73.8 Å². The van der Waals surface area contributed by atoms with Gasteiger partial charge in [0, 0.05) is 30.5 Å². The van der Waals surface area contributed by atoms with Gasteiger partial charge in [0.1, 0.15) is 0 Å². The number of rotatable bonds is 10. The lowest BCUT2D eigenvalue weighted by Crippen LogP contribution is -2.26. The molecule has 1 aromatic heterocycles. The van der Waals surface area contributed by atoms with Crippen molar-refractivity contribution >= 4 is 16.5 Å². The van der Waals surface area contributed by atoms with Gasteiger partial charge in [0.2, 0.25) is 0 Å². The zero-order valence-corrected chi connectivity index (χ0v) is 21.3. The molecule has 0 aliphatic heterocycles. The van der Waals surface area contributed by atoms with Crippen molar-refractivity contribution in [2.75, 3.05) is 13.1 Å². The highest BCUT2D eigenvalue weighted by Gasteiger charge is 2.19. The fourth-order valence-corrected chi connectivity index (χ4v) is 3.90. The molecule has 0 saturated heterocycles. The average Bonchev–Trinajstić information content (AvgIpc) is 3.03. The van der Waals surface area contributed by atoms with Gasteiger partial charge in [0.15, 0.2) is 0 Å². The fraction of sp³-hybridized carbons (Fsp3) is 0.433. The molecule has 1 heterocycles. The van der Waals surface area contributed by atoms with Gasteiger partial charge in [-0.15, -0.1) is 12.3 Å². The lowest BCUT2D eigenvalue weighted by molar-refractivity contribution is 0.357. The van der Waals surface area contributed by atoms with Crippen molar-refractivity contribution in [3.05, 3.63) is 84.4 Å². The lowest BCUT2D eigenvalue weighted by Gasteiger charge is -2.28. The monoisotopic (exact) mass is 432 g/mol. The topological polar surface area (TPSA) is 8.17 Å². The second-order valence-electron chi connectivity index (χ2n) is 7.28. The SMILES string of the molecule is C=CCCCn1c(C2=C=CC=CC=C2N(CCC)CCC)cc2ccccc21.CC.CC. The minimum atomic E-state index is 0.988. The Morgan fingerprint density at radius 2 is 1.69 bits per heavy atom. The van der Waals surface area contributed by atoms with Crippen LogP contribution in [0.15, 0.2) is 78.7 Å². The Morgan fingerprint density at radius 1 is 1.00 bits per heavy atom. The molecule has 32 heavy (non-hydrogen) atoms. The van der Waals surface area contributed by atoms with E-state index in [2.05, 4.69) is 84.2 Å². The number of allylic oxidation sites excluding steroid dienone is 5. The number of aromatic nitrogens is 1. The highest BCUT2D eigenvalue weighted by molar-refractivity contribution is 5.89.